The first-order valence-corrected chi connectivity index (χ1v) is 11.6. The summed E-state index contributed by atoms with van der Waals surface area (Å²) in [6.07, 6.45) is 0.830. The van der Waals surface area contributed by atoms with Crippen LogP contribution in [0.4, 0.5) is 5.69 Å². The van der Waals surface area contributed by atoms with Gasteiger partial charge in [0.25, 0.3) is 0 Å². The first kappa shape index (κ1) is 21.3. The molecule has 1 atom stereocenters. The van der Waals surface area contributed by atoms with Gasteiger partial charge in [-0.3, -0.25) is 14.4 Å². The van der Waals surface area contributed by atoms with Crippen molar-refractivity contribution < 1.29 is 23.9 Å². The molecule has 5 rings (SSSR count). The number of fused-ring (bicyclic) bond motifs is 3. The van der Waals surface area contributed by atoms with Crippen molar-refractivity contribution in [1.82, 2.24) is 0 Å². The molecule has 1 N–H and O–H groups in total. The minimum absolute atomic E-state index is 0.184. The average molecular weight is 460 g/mol. The molecular weight excluding hydrogens is 438 g/mol. The van der Waals surface area contributed by atoms with E-state index in [4.69, 9.17) is 9.47 Å². The minimum Gasteiger partial charge on any atom is -0.490 e. The highest BCUT2D eigenvalue weighted by atomic mass is 32.2. The number of thioether (sulfide) groups is 1. The molecular formula is C26H21NO5S. The molecule has 0 radical (unpaired) electrons. The topological polar surface area (TPSA) is 81.7 Å². The molecule has 6 nitrogen and oxygen atoms in total. The van der Waals surface area contributed by atoms with Gasteiger partial charge in [-0.1, -0.05) is 24.3 Å². The van der Waals surface area contributed by atoms with Crippen molar-refractivity contribution >= 4 is 34.9 Å². The summed E-state index contributed by atoms with van der Waals surface area (Å²) in [7, 11) is 0. The number of nitrogens with one attached hydrogen (secondary N) is 1. The van der Waals surface area contributed by atoms with E-state index in [2.05, 4.69) is 5.32 Å². The van der Waals surface area contributed by atoms with Gasteiger partial charge < -0.3 is 14.8 Å². The fourth-order valence-corrected chi connectivity index (χ4v) is 4.79. The van der Waals surface area contributed by atoms with Gasteiger partial charge in [-0.05, 0) is 43.3 Å². The zero-order valence-electron chi connectivity index (χ0n) is 17.9. The predicted octanol–water partition coefficient (Wildman–Crippen LogP) is 4.74. The van der Waals surface area contributed by atoms with Crippen molar-refractivity contribution in [2.75, 3.05) is 18.5 Å². The molecule has 2 aliphatic rings. The van der Waals surface area contributed by atoms with Crippen LogP contribution >= 0.6 is 11.8 Å². The number of amides is 1. The Morgan fingerprint density at radius 3 is 2.27 bits per heavy atom. The fraction of sp³-hybridized carbons (Fsp3) is 0.192. The maximum absolute atomic E-state index is 12.9. The van der Waals surface area contributed by atoms with Gasteiger partial charge in [0.1, 0.15) is 0 Å². The number of hydrogen-bond donors (Lipinski definition) is 1. The summed E-state index contributed by atoms with van der Waals surface area (Å²) in [5.41, 5.74) is 1.93. The Bertz CT molecular complexity index is 1290. The van der Waals surface area contributed by atoms with Crippen molar-refractivity contribution in [2.45, 2.75) is 23.5 Å². The van der Waals surface area contributed by atoms with E-state index in [0.717, 1.165) is 11.3 Å². The second kappa shape index (κ2) is 8.75. The van der Waals surface area contributed by atoms with E-state index in [-0.39, 0.29) is 17.5 Å². The zero-order chi connectivity index (χ0) is 22.9. The Morgan fingerprint density at radius 1 is 0.848 bits per heavy atom. The minimum atomic E-state index is -0.399. The Labute approximate surface area is 195 Å². The molecule has 0 spiro atoms. The van der Waals surface area contributed by atoms with Gasteiger partial charge in [-0.2, -0.15) is 0 Å². The second-order valence-electron chi connectivity index (χ2n) is 7.87. The third kappa shape index (κ3) is 4.12. The molecule has 7 heteroatoms. The Morgan fingerprint density at radius 2 is 1.52 bits per heavy atom. The van der Waals surface area contributed by atoms with E-state index >= 15 is 0 Å². The lowest BCUT2D eigenvalue weighted by atomic mass is 9.84. The lowest BCUT2D eigenvalue weighted by molar-refractivity contribution is -0.115. The summed E-state index contributed by atoms with van der Waals surface area (Å²) in [6, 6.07) is 17.3. The highest BCUT2D eigenvalue weighted by Gasteiger charge is 2.29. The Hall–Kier alpha value is -3.58. The van der Waals surface area contributed by atoms with Crippen molar-refractivity contribution in [3.63, 3.8) is 0 Å². The van der Waals surface area contributed by atoms with Crippen LogP contribution in [0.2, 0.25) is 0 Å². The molecule has 166 valence electrons. The van der Waals surface area contributed by atoms with Gasteiger partial charge in [-0.15, -0.1) is 11.8 Å². The normalized spacial score (nSPS) is 15.2. The predicted molar refractivity (Wildman–Crippen MR) is 126 cm³/mol. The van der Waals surface area contributed by atoms with Crippen molar-refractivity contribution in [1.29, 1.82) is 0 Å². The van der Waals surface area contributed by atoms with Crippen LogP contribution in [0, 0.1) is 0 Å². The monoisotopic (exact) mass is 459 g/mol. The number of hydrogen-bond acceptors (Lipinski definition) is 6. The quantitative estimate of drug-likeness (QED) is 0.444. The lowest BCUT2D eigenvalue weighted by Crippen LogP contribution is -2.24. The molecule has 0 bridgehead atoms. The maximum atomic E-state index is 12.9. The zero-order valence-corrected chi connectivity index (χ0v) is 18.7. The number of anilines is 1. The SMILES string of the molecule is CC(Sc1ccc2c(c1)OCCCO2)C(=O)Nc1ccc2c(c1)C(=O)c1ccccc1C2=O. The van der Waals surface area contributed by atoms with Gasteiger partial charge in [-0.25, -0.2) is 0 Å². The van der Waals surface area contributed by atoms with Crippen LogP contribution in [0.3, 0.4) is 0 Å². The summed E-state index contributed by atoms with van der Waals surface area (Å²) in [4.78, 5) is 39.4. The molecule has 33 heavy (non-hydrogen) atoms. The van der Waals surface area contributed by atoms with Crippen LogP contribution in [-0.2, 0) is 4.79 Å². The van der Waals surface area contributed by atoms with Gasteiger partial charge >= 0.3 is 0 Å². The molecule has 0 saturated heterocycles. The van der Waals surface area contributed by atoms with Crippen LogP contribution in [-0.4, -0.2) is 35.9 Å². The van der Waals surface area contributed by atoms with Gasteiger partial charge in [0.15, 0.2) is 23.1 Å². The first-order chi connectivity index (χ1) is 16.0. The molecule has 0 fully saturated rings. The van der Waals surface area contributed by atoms with Crippen LogP contribution in [0.5, 0.6) is 11.5 Å². The van der Waals surface area contributed by atoms with Crippen molar-refractivity contribution in [3.05, 3.63) is 82.9 Å². The summed E-state index contributed by atoms with van der Waals surface area (Å²) < 4.78 is 11.4. The smallest absolute Gasteiger partial charge is 0.237 e. The molecule has 0 saturated carbocycles. The van der Waals surface area contributed by atoms with Gasteiger partial charge in [0.2, 0.25) is 5.91 Å². The summed E-state index contributed by atoms with van der Waals surface area (Å²) in [5.74, 6) is 0.788. The van der Waals surface area contributed by atoms with E-state index in [0.29, 0.717) is 52.7 Å². The van der Waals surface area contributed by atoms with E-state index < -0.39 is 5.25 Å². The maximum Gasteiger partial charge on any atom is 0.237 e. The number of ether oxygens (including phenoxy) is 2. The van der Waals surface area contributed by atoms with Gasteiger partial charge in [0, 0.05) is 39.3 Å². The van der Waals surface area contributed by atoms with Crippen molar-refractivity contribution in [2.24, 2.45) is 0 Å². The van der Waals surface area contributed by atoms with Crippen LogP contribution < -0.4 is 14.8 Å². The largest absolute Gasteiger partial charge is 0.490 e. The fourth-order valence-electron chi connectivity index (χ4n) is 3.90. The number of rotatable bonds is 4. The molecule has 1 aliphatic heterocycles. The summed E-state index contributed by atoms with van der Waals surface area (Å²) >= 11 is 1.40. The molecule has 1 heterocycles. The van der Waals surface area contributed by atoms with Crippen LogP contribution in [0.15, 0.2) is 65.6 Å². The lowest BCUT2D eigenvalue weighted by Gasteiger charge is -2.19. The molecule has 1 aliphatic carbocycles. The summed E-state index contributed by atoms with van der Waals surface area (Å²) in [6.45, 7) is 3.03. The number of ketones is 2. The van der Waals surface area contributed by atoms with Gasteiger partial charge in [0.05, 0.1) is 18.5 Å². The molecule has 1 amide bonds. The Kier molecular flexibility index (Phi) is 5.64. The molecule has 3 aromatic rings. The first-order valence-electron chi connectivity index (χ1n) is 10.7. The highest BCUT2D eigenvalue weighted by Crippen LogP contribution is 2.35. The van der Waals surface area contributed by atoms with Crippen molar-refractivity contribution in [3.8, 4) is 11.5 Å². The van der Waals surface area contributed by atoms with E-state index in [1.165, 1.54) is 11.8 Å². The average Bonchev–Trinajstić information content (AvgIpc) is 3.07. The Balaban J connectivity index is 1.31. The number of benzene rings is 3. The second-order valence-corrected chi connectivity index (χ2v) is 9.29. The molecule has 1 unspecified atom stereocenters. The third-order valence-corrected chi connectivity index (χ3v) is 6.69. The standard InChI is InChI=1S/C26H21NO5S/c1-15(33-17-8-10-22-23(14-17)32-12-4-11-31-22)26(30)27-16-7-9-20-21(13-16)25(29)19-6-3-2-5-18(19)24(20)28/h2-3,5-10,13-15H,4,11-12H2,1H3,(H,27,30). The number of carbonyl (C=O) groups excluding carboxylic acids is 3. The summed E-state index contributed by atoms with van der Waals surface area (Å²) in [5, 5.41) is 2.47. The van der Waals surface area contributed by atoms with E-state index in [1.807, 2.05) is 25.1 Å². The molecule has 0 aromatic heterocycles. The highest BCUT2D eigenvalue weighted by molar-refractivity contribution is 8.00. The molecule has 3 aromatic carbocycles. The third-order valence-electron chi connectivity index (χ3n) is 5.59. The van der Waals surface area contributed by atoms with E-state index in [9.17, 15) is 14.4 Å². The van der Waals surface area contributed by atoms with Crippen LogP contribution in [0.25, 0.3) is 0 Å². The van der Waals surface area contributed by atoms with E-state index in [1.54, 1.807) is 42.5 Å². The number of carbonyl (C=O) groups is 3. The van der Waals surface area contributed by atoms with Crippen LogP contribution in [0.1, 0.15) is 45.2 Å².